The number of benzene rings is 1. The molecule has 1 aliphatic heterocycles. The second-order valence-corrected chi connectivity index (χ2v) is 4.76. The summed E-state index contributed by atoms with van der Waals surface area (Å²) in [5.41, 5.74) is 1.18. The highest BCUT2D eigenvalue weighted by molar-refractivity contribution is 7.99. The fraction of sp³-hybridized carbons (Fsp3) is 0.364. The van der Waals surface area contributed by atoms with Gasteiger partial charge in [0.25, 0.3) is 0 Å². The van der Waals surface area contributed by atoms with Crippen molar-refractivity contribution >= 4 is 23.4 Å². The number of anilines is 1. The summed E-state index contributed by atoms with van der Waals surface area (Å²) < 4.78 is 13.0. The first kappa shape index (κ1) is 11.4. The van der Waals surface area contributed by atoms with E-state index in [9.17, 15) is 9.18 Å². The number of amides is 1. The van der Waals surface area contributed by atoms with Gasteiger partial charge >= 0.3 is 0 Å². The molecule has 3 nitrogen and oxygen atoms in total. The maximum atomic E-state index is 13.0. The summed E-state index contributed by atoms with van der Waals surface area (Å²) in [7, 11) is 0. The van der Waals surface area contributed by atoms with Crippen LogP contribution in [0.25, 0.3) is 0 Å². The SMILES string of the molecule is Cc1cc(NC(=O)C2CSCN2)ccc1F. The van der Waals surface area contributed by atoms with Gasteiger partial charge in [-0.3, -0.25) is 10.1 Å². The van der Waals surface area contributed by atoms with Crippen molar-refractivity contribution in [1.29, 1.82) is 0 Å². The molecule has 0 aliphatic carbocycles. The maximum Gasteiger partial charge on any atom is 0.242 e. The predicted octanol–water partition coefficient (Wildman–Crippen LogP) is 1.74. The van der Waals surface area contributed by atoms with Crippen LogP contribution in [0, 0.1) is 12.7 Å². The molecule has 0 radical (unpaired) electrons. The van der Waals surface area contributed by atoms with Gasteiger partial charge in [-0.2, -0.15) is 0 Å². The summed E-state index contributed by atoms with van der Waals surface area (Å²) in [5.74, 6) is 1.27. The molecule has 1 amide bonds. The Hall–Kier alpha value is -1.07. The molecule has 16 heavy (non-hydrogen) atoms. The standard InChI is InChI=1S/C11H13FN2OS/c1-7-4-8(2-3-9(7)12)14-11(15)10-5-16-6-13-10/h2-4,10,13H,5-6H2,1H3,(H,14,15). The van der Waals surface area contributed by atoms with Gasteiger partial charge in [0, 0.05) is 17.3 Å². The molecule has 1 saturated heterocycles. The van der Waals surface area contributed by atoms with Crippen molar-refractivity contribution in [1.82, 2.24) is 5.32 Å². The maximum absolute atomic E-state index is 13.0. The molecule has 1 heterocycles. The smallest absolute Gasteiger partial charge is 0.242 e. The van der Waals surface area contributed by atoms with Crippen LogP contribution in [0.2, 0.25) is 0 Å². The highest BCUT2D eigenvalue weighted by atomic mass is 32.2. The van der Waals surface area contributed by atoms with Gasteiger partial charge < -0.3 is 5.32 Å². The Bertz CT molecular complexity index is 405. The van der Waals surface area contributed by atoms with Crippen molar-refractivity contribution in [2.75, 3.05) is 16.9 Å². The van der Waals surface area contributed by atoms with Crippen LogP contribution in [0.15, 0.2) is 18.2 Å². The minimum absolute atomic E-state index is 0.0593. The highest BCUT2D eigenvalue weighted by Gasteiger charge is 2.22. The van der Waals surface area contributed by atoms with E-state index in [4.69, 9.17) is 0 Å². The number of nitrogens with one attached hydrogen (secondary N) is 2. The zero-order valence-corrected chi connectivity index (χ0v) is 9.73. The topological polar surface area (TPSA) is 41.1 Å². The number of halogens is 1. The zero-order valence-electron chi connectivity index (χ0n) is 8.92. The van der Waals surface area contributed by atoms with E-state index in [1.807, 2.05) is 0 Å². The van der Waals surface area contributed by atoms with E-state index >= 15 is 0 Å². The molecule has 1 unspecified atom stereocenters. The monoisotopic (exact) mass is 240 g/mol. The van der Waals surface area contributed by atoms with Crippen molar-refractivity contribution in [3.8, 4) is 0 Å². The second-order valence-electron chi connectivity index (χ2n) is 3.73. The Balaban J connectivity index is 2.02. The summed E-state index contributed by atoms with van der Waals surface area (Å²) in [6.07, 6.45) is 0. The molecule has 0 bridgehead atoms. The summed E-state index contributed by atoms with van der Waals surface area (Å²) in [6.45, 7) is 1.68. The largest absolute Gasteiger partial charge is 0.325 e. The summed E-state index contributed by atoms with van der Waals surface area (Å²) in [5, 5.41) is 5.85. The van der Waals surface area contributed by atoms with Crippen LogP contribution in [0.4, 0.5) is 10.1 Å². The van der Waals surface area contributed by atoms with Gasteiger partial charge in [0.05, 0.1) is 6.04 Å². The van der Waals surface area contributed by atoms with E-state index < -0.39 is 0 Å². The van der Waals surface area contributed by atoms with Crippen molar-refractivity contribution in [2.24, 2.45) is 0 Å². The Morgan fingerprint density at radius 2 is 2.44 bits per heavy atom. The van der Waals surface area contributed by atoms with E-state index in [2.05, 4.69) is 10.6 Å². The lowest BCUT2D eigenvalue weighted by atomic mass is 10.2. The average molecular weight is 240 g/mol. The molecule has 1 aromatic rings. The van der Waals surface area contributed by atoms with Crippen LogP contribution in [-0.2, 0) is 4.79 Å². The van der Waals surface area contributed by atoms with E-state index in [0.29, 0.717) is 11.3 Å². The number of hydrogen-bond acceptors (Lipinski definition) is 3. The average Bonchev–Trinajstić information content (AvgIpc) is 2.77. The molecular formula is C11H13FN2OS. The second kappa shape index (κ2) is 4.84. The van der Waals surface area contributed by atoms with Crippen molar-refractivity contribution in [3.63, 3.8) is 0 Å². The molecule has 2 rings (SSSR count). The Morgan fingerprint density at radius 3 is 3.06 bits per heavy atom. The van der Waals surface area contributed by atoms with Gasteiger partial charge in [-0.25, -0.2) is 4.39 Å². The third kappa shape index (κ3) is 2.54. The van der Waals surface area contributed by atoms with Crippen LogP contribution in [0.5, 0.6) is 0 Å². The van der Waals surface area contributed by atoms with Crippen molar-refractivity contribution < 1.29 is 9.18 Å². The molecule has 1 fully saturated rings. The molecule has 2 N–H and O–H groups in total. The summed E-state index contributed by atoms with van der Waals surface area (Å²) in [6, 6.07) is 4.43. The van der Waals surface area contributed by atoms with Gasteiger partial charge in [0.15, 0.2) is 0 Å². The van der Waals surface area contributed by atoms with Crippen LogP contribution < -0.4 is 10.6 Å². The lowest BCUT2D eigenvalue weighted by Crippen LogP contribution is -2.37. The molecule has 1 aromatic carbocycles. The Kier molecular flexibility index (Phi) is 3.46. The highest BCUT2D eigenvalue weighted by Crippen LogP contribution is 2.15. The first-order valence-electron chi connectivity index (χ1n) is 5.05. The molecule has 0 saturated carbocycles. The summed E-state index contributed by atoms with van der Waals surface area (Å²) in [4.78, 5) is 11.7. The first-order valence-corrected chi connectivity index (χ1v) is 6.20. The molecule has 0 aromatic heterocycles. The molecule has 0 spiro atoms. The Morgan fingerprint density at radius 1 is 1.62 bits per heavy atom. The summed E-state index contributed by atoms with van der Waals surface area (Å²) >= 11 is 1.69. The lowest BCUT2D eigenvalue weighted by Gasteiger charge is -2.11. The fourth-order valence-electron chi connectivity index (χ4n) is 1.52. The molecular weight excluding hydrogens is 227 g/mol. The van der Waals surface area contributed by atoms with Crippen LogP contribution in [0.3, 0.4) is 0 Å². The minimum Gasteiger partial charge on any atom is -0.325 e. The van der Waals surface area contributed by atoms with E-state index in [-0.39, 0.29) is 17.8 Å². The predicted molar refractivity (Wildman–Crippen MR) is 64.0 cm³/mol. The number of aryl methyl sites for hydroxylation is 1. The third-order valence-corrected chi connectivity index (χ3v) is 3.40. The fourth-order valence-corrected chi connectivity index (χ4v) is 2.46. The van der Waals surface area contributed by atoms with Gasteiger partial charge in [0.1, 0.15) is 5.82 Å². The number of carbonyl (C=O) groups is 1. The van der Waals surface area contributed by atoms with E-state index in [0.717, 1.165) is 11.6 Å². The third-order valence-electron chi connectivity index (χ3n) is 2.46. The van der Waals surface area contributed by atoms with E-state index in [1.165, 1.54) is 6.07 Å². The normalized spacial score (nSPS) is 19.8. The minimum atomic E-state index is -0.257. The molecule has 5 heteroatoms. The lowest BCUT2D eigenvalue weighted by molar-refractivity contribution is -0.117. The molecule has 1 aliphatic rings. The molecule has 1 atom stereocenters. The zero-order chi connectivity index (χ0) is 11.5. The number of rotatable bonds is 2. The van der Waals surface area contributed by atoms with Crippen LogP contribution in [0.1, 0.15) is 5.56 Å². The quantitative estimate of drug-likeness (QED) is 0.827. The van der Waals surface area contributed by atoms with Gasteiger partial charge in [-0.15, -0.1) is 11.8 Å². The van der Waals surface area contributed by atoms with Crippen molar-refractivity contribution in [3.05, 3.63) is 29.6 Å². The van der Waals surface area contributed by atoms with Gasteiger partial charge in [0.2, 0.25) is 5.91 Å². The first-order chi connectivity index (χ1) is 7.66. The van der Waals surface area contributed by atoms with Crippen LogP contribution in [-0.4, -0.2) is 23.6 Å². The van der Waals surface area contributed by atoms with Crippen molar-refractivity contribution in [2.45, 2.75) is 13.0 Å². The number of hydrogen-bond donors (Lipinski definition) is 2. The number of thioether (sulfide) groups is 1. The number of carbonyl (C=O) groups excluding carboxylic acids is 1. The molecule has 86 valence electrons. The Labute approximate surface area is 97.8 Å². The van der Waals surface area contributed by atoms with Crippen LogP contribution >= 0.6 is 11.8 Å². The van der Waals surface area contributed by atoms with E-state index in [1.54, 1.807) is 30.8 Å². The van der Waals surface area contributed by atoms with Gasteiger partial charge in [-0.05, 0) is 30.7 Å². The van der Waals surface area contributed by atoms with Gasteiger partial charge in [-0.1, -0.05) is 0 Å².